The molecule has 252 valence electrons. The summed E-state index contributed by atoms with van der Waals surface area (Å²) in [6.07, 6.45) is 2.01. The number of furan rings is 1. The van der Waals surface area contributed by atoms with Crippen LogP contribution in [0.15, 0.2) is 199 Å². The van der Waals surface area contributed by atoms with Gasteiger partial charge >= 0.3 is 0 Å². The molecule has 0 fully saturated rings. The van der Waals surface area contributed by atoms with Crippen molar-refractivity contribution in [3.63, 3.8) is 0 Å². The van der Waals surface area contributed by atoms with Gasteiger partial charge in [-0.1, -0.05) is 133 Å². The molecule has 0 bridgehead atoms. The predicted molar refractivity (Wildman–Crippen MR) is 225 cm³/mol. The number of benzene rings is 8. The Balaban J connectivity index is 1.12. The summed E-state index contributed by atoms with van der Waals surface area (Å²) in [7, 11) is 0. The molecular formula is C51H32N2O. The number of fused-ring (bicyclic) bond motifs is 7. The zero-order valence-corrected chi connectivity index (χ0v) is 29.3. The zero-order valence-electron chi connectivity index (χ0n) is 29.3. The third kappa shape index (κ3) is 4.87. The van der Waals surface area contributed by atoms with E-state index in [-0.39, 0.29) is 0 Å². The predicted octanol–water partition coefficient (Wildman–Crippen LogP) is 13.9. The van der Waals surface area contributed by atoms with E-state index in [2.05, 4.69) is 193 Å². The minimum Gasteiger partial charge on any atom is -0.455 e. The van der Waals surface area contributed by atoms with Crippen LogP contribution in [0.4, 0.5) is 0 Å². The number of aromatic nitrogens is 2. The first-order valence-electron chi connectivity index (χ1n) is 18.4. The molecule has 8 aromatic carbocycles. The van der Waals surface area contributed by atoms with E-state index in [4.69, 9.17) is 9.40 Å². The number of hydrogen-bond acceptors (Lipinski definition) is 2. The SMILES string of the molecule is c1ccc(-c2ccc3ncc(-c4cc(-c5ccccc5)cc5oc6c(-c7cccc(-n8c9ccccc9c9ccccc98)c7)cccc6c45)cc3c2)cc1. The lowest BCUT2D eigenvalue weighted by Gasteiger charge is -2.11. The van der Waals surface area contributed by atoms with E-state index in [0.717, 1.165) is 71.9 Å². The molecule has 0 aliphatic carbocycles. The fourth-order valence-electron chi connectivity index (χ4n) is 8.28. The van der Waals surface area contributed by atoms with Crippen LogP contribution in [0.2, 0.25) is 0 Å². The van der Waals surface area contributed by atoms with Crippen molar-refractivity contribution in [2.24, 2.45) is 0 Å². The summed E-state index contributed by atoms with van der Waals surface area (Å²) in [6.45, 7) is 0. The lowest BCUT2D eigenvalue weighted by molar-refractivity contribution is 0.670. The van der Waals surface area contributed by atoms with Crippen LogP contribution in [0.25, 0.3) is 105 Å². The summed E-state index contributed by atoms with van der Waals surface area (Å²) in [5.74, 6) is 0. The van der Waals surface area contributed by atoms with Crippen LogP contribution in [0.1, 0.15) is 0 Å². The highest BCUT2D eigenvalue weighted by Crippen LogP contribution is 2.44. The van der Waals surface area contributed by atoms with Gasteiger partial charge in [0.25, 0.3) is 0 Å². The molecule has 3 heteroatoms. The van der Waals surface area contributed by atoms with Gasteiger partial charge in [-0.2, -0.15) is 0 Å². The Labute approximate surface area is 312 Å². The molecule has 0 aliphatic heterocycles. The van der Waals surface area contributed by atoms with E-state index in [9.17, 15) is 0 Å². The second-order valence-electron chi connectivity index (χ2n) is 14.0. The van der Waals surface area contributed by atoms with E-state index in [0.29, 0.717) is 0 Å². The Morgan fingerprint density at radius 1 is 0.407 bits per heavy atom. The Hall–Kier alpha value is -7.23. The molecule has 0 saturated carbocycles. The van der Waals surface area contributed by atoms with E-state index < -0.39 is 0 Å². The van der Waals surface area contributed by atoms with E-state index in [1.54, 1.807) is 0 Å². The van der Waals surface area contributed by atoms with Crippen molar-refractivity contribution in [2.75, 3.05) is 0 Å². The number of para-hydroxylation sites is 3. The average molecular weight is 689 g/mol. The number of rotatable bonds is 5. The summed E-state index contributed by atoms with van der Waals surface area (Å²) < 4.78 is 9.34. The Morgan fingerprint density at radius 3 is 1.80 bits per heavy atom. The smallest absolute Gasteiger partial charge is 0.143 e. The molecular weight excluding hydrogens is 657 g/mol. The summed E-state index contributed by atoms with van der Waals surface area (Å²) in [5.41, 5.74) is 15.1. The largest absolute Gasteiger partial charge is 0.455 e. The molecule has 0 atom stereocenters. The number of hydrogen-bond donors (Lipinski definition) is 0. The Bertz CT molecular complexity index is 3160. The quantitative estimate of drug-likeness (QED) is 0.180. The van der Waals surface area contributed by atoms with Gasteiger partial charge in [-0.05, 0) is 88.0 Å². The van der Waals surface area contributed by atoms with Gasteiger partial charge in [0, 0.05) is 49.9 Å². The number of nitrogens with zero attached hydrogens (tertiary/aromatic N) is 2. The highest BCUT2D eigenvalue weighted by atomic mass is 16.3. The van der Waals surface area contributed by atoms with Crippen LogP contribution in [-0.4, -0.2) is 9.55 Å². The van der Waals surface area contributed by atoms with Crippen molar-refractivity contribution >= 4 is 54.6 Å². The van der Waals surface area contributed by atoms with E-state index in [1.165, 1.54) is 32.9 Å². The first-order chi connectivity index (χ1) is 26.8. The fraction of sp³-hybridized carbons (Fsp3) is 0. The molecule has 3 heterocycles. The van der Waals surface area contributed by atoms with Gasteiger partial charge in [0.15, 0.2) is 0 Å². The maximum Gasteiger partial charge on any atom is 0.143 e. The Kier molecular flexibility index (Phi) is 6.86. The normalized spacial score (nSPS) is 11.7. The van der Waals surface area contributed by atoms with Gasteiger partial charge < -0.3 is 8.98 Å². The lowest BCUT2D eigenvalue weighted by atomic mass is 9.93. The van der Waals surface area contributed by atoms with Crippen LogP contribution >= 0.6 is 0 Å². The van der Waals surface area contributed by atoms with Crippen molar-refractivity contribution in [2.45, 2.75) is 0 Å². The van der Waals surface area contributed by atoms with Crippen molar-refractivity contribution in [1.29, 1.82) is 0 Å². The molecule has 11 aromatic rings. The zero-order chi connectivity index (χ0) is 35.6. The van der Waals surface area contributed by atoms with Crippen molar-refractivity contribution in [1.82, 2.24) is 9.55 Å². The van der Waals surface area contributed by atoms with E-state index >= 15 is 0 Å². The molecule has 54 heavy (non-hydrogen) atoms. The highest BCUT2D eigenvalue weighted by molar-refractivity contribution is 6.17. The van der Waals surface area contributed by atoms with Crippen LogP contribution < -0.4 is 0 Å². The number of pyridine rings is 1. The van der Waals surface area contributed by atoms with Gasteiger partial charge in [0.1, 0.15) is 11.2 Å². The first-order valence-corrected chi connectivity index (χ1v) is 18.4. The maximum absolute atomic E-state index is 6.97. The maximum atomic E-state index is 6.97. The van der Waals surface area contributed by atoms with E-state index in [1.807, 2.05) is 6.20 Å². The molecule has 0 spiro atoms. The van der Waals surface area contributed by atoms with Crippen LogP contribution in [-0.2, 0) is 0 Å². The first kappa shape index (κ1) is 30.4. The van der Waals surface area contributed by atoms with Crippen LogP contribution in [0.5, 0.6) is 0 Å². The van der Waals surface area contributed by atoms with Gasteiger partial charge in [-0.3, -0.25) is 4.98 Å². The third-order valence-electron chi connectivity index (χ3n) is 10.8. The standard InChI is InChI=1S/C51H32N2O/c1-3-13-33(14-4-1)35-25-26-46-38(27-35)28-39(32-52-46)45-30-37(34-15-5-2-6-16-34)31-49-50(45)44-22-12-21-41(51(44)54-49)36-17-11-18-40(29-36)53-47-23-9-7-19-42(47)43-20-8-10-24-48(43)53/h1-32H. The summed E-state index contributed by atoms with van der Waals surface area (Å²) in [4.78, 5) is 4.98. The monoisotopic (exact) mass is 688 g/mol. The minimum absolute atomic E-state index is 0.852. The lowest BCUT2D eigenvalue weighted by Crippen LogP contribution is -1.94. The molecule has 0 unspecified atom stereocenters. The fourth-order valence-corrected chi connectivity index (χ4v) is 8.28. The van der Waals surface area contributed by atoms with Gasteiger partial charge in [-0.15, -0.1) is 0 Å². The molecule has 0 amide bonds. The third-order valence-corrected chi connectivity index (χ3v) is 10.8. The van der Waals surface area contributed by atoms with Gasteiger partial charge in [0.2, 0.25) is 0 Å². The summed E-state index contributed by atoms with van der Waals surface area (Å²) in [5, 5.41) is 5.77. The molecule has 0 saturated heterocycles. The summed E-state index contributed by atoms with van der Waals surface area (Å²) >= 11 is 0. The topological polar surface area (TPSA) is 31.0 Å². The average Bonchev–Trinajstić information content (AvgIpc) is 3.80. The van der Waals surface area contributed by atoms with Crippen LogP contribution in [0, 0.1) is 0 Å². The van der Waals surface area contributed by atoms with Crippen molar-refractivity contribution in [3.8, 4) is 50.2 Å². The van der Waals surface area contributed by atoms with Crippen molar-refractivity contribution in [3.05, 3.63) is 194 Å². The minimum atomic E-state index is 0.852. The highest BCUT2D eigenvalue weighted by Gasteiger charge is 2.19. The Morgan fingerprint density at radius 2 is 1.04 bits per heavy atom. The second-order valence-corrected chi connectivity index (χ2v) is 14.0. The second kappa shape index (κ2) is 12.2. The van der Waals surface area contributed by atoms with Crippen LogP contribution in [0.3, 0.4) is 0 Å². The molecule has 11 rings (SSSR count). The molecule has 0 N–H and O–H groups in total. The molecule has 3 nitrogen and oxygen atoms in total. The van der Waals surface area contributed by atoms with Gasteiger partial charge in [0.05, 0.1) is 16.6 Å². The van der Waals surface area contributed by atoms with Crippen molar-refractivity contribution < 1.29 is 4.42 Å². The molecule has 0 aliphatic rings. The molecule has 3 aromatic heterocycles. The summed E-state index contributed by atoms with van der Waals surface area (Å²) in [6, 6.07) is 67.0. The molecule has 0 radical (unpaired) electrons. The van der Waals surface area contributed by atoms with Gasteiger partial charge in [-0.25, -0.2) is 0 Å².